The number of para-hydroxylation sites is 2. The fourth-order valence-electron chi connectivity index (χ4n) is 8.15. The van der Waals surface area contributed by atoms with Crippen molar-refractivity contribution in [3.8, 4) is 0 Å². The second-order valence-electron chi connectivity index (χ2n) is 13.3. The molecule has 0 saturated carbocycles. The molecule has 11 nitrogen and oxygen atoms in total. The number of aliphatic hydroxyl groups is 1. The fourth-order valence-corrected chi connectivity index (χ4v) is 8.15. The number of carbonyl (C=O) groups excluding carboxylic acids is 3. The summed E-state index contributed by atoms with van der Waals surface area (Å²) in [6, 6.07) is 15.1. The predicted octanol–water partition coefficient (Wildman–Crippen LogP) is 3.79. The highest BCUT2D eigenvalue weighted by atomic mass is 16.5. The molecule has 4 heterocycles. The number of benzene rings is 2. The molecule has 3 fully saturated rings. The summed E-state index contributed by atoms with van der Waals surface area (Å²) in [6.45, 7) is 13.8. The van der Waals surface area contributed by atoms with Gasteiger partial charge in [0.2, 0.25) is 17.7 Å². The van der Waals surface area contributed by atoms with Gasteiger partial charge in [0.05, 0.1) is 35.6 Å². The Labute approximate surface area is 275 Å². The Morgan fingerprint density at radius 1 is 1.09 bits per heavy atom. The smallest absolute Gasteiger partial charge is 0.250 e. The zero-order chi connectivity index (χ0) is 33.5. The molecule has 1 spiro atoms. The van der Waals surface area contributed by atoms with Crippen molar-refractivity contribution in [1.82, 2.24) is 24.8 Å². The monoisotopic (exact) mass is 640 g/mol. The molecule has 2 aromatic carbocycles. The molecule has 3 aliphatic rings. The van der Waals surface area contributed by atoms with Crippen LogP contribution in [0.4, 0.5) is 5.69 Å². The zero-order valence-corrected chi connectivity index (χ0v) is 27.4. The van der Waals surface area contributed by atoms with Crippen molar-refractivity contribution in [3.63, 3.8) is 0 Å². The summed E-state index contributed by atoms with van der Waals surface area (Å²) in [5.74, 6) is -2.79. The number of likely N-dealkylation sites (tertiary alicyclic amines) is 1. The van der Waals surface area contributed by atoms with E-state index in [1.807, 2.05) is 75.4 Å². The Bertz CT molecular complexity index is 1680. The van der Waals surface area contributed by atoms with Crippen LogP contribution in [0.25, 0.3) is 11.0 Å². The van der Waals surface area contributed by atoms with E-state index in [-0.39, 0.29) is 50.0 Å². The molecule has 0 aliphatic carbocycles. The van der Waals surface area contributed by atoms with E-state index >= 15 is 4.79 Å². The first-order valence-electron chi connectivity index (χ1n) is 16.4. The standard InChI is InChI=1S/C36H44N6O5/c1-6-20-39(23-41-27-17-13-12-16-26(27)37-38-41)34(46)31-36-19-18-35(5,47-36)29(30(36)33(45)42(31)28(22-43)24(4)8-3)32(44)40(21-7-2)25-14-10-9-11-15-25/h6-7,9-17,24,28-31,43H,1-2,8,18-23H2,3-5H3/t24-,28-,29-,30-,31?,35+,36?/m0/s1. The number of anilines is 1. The van der Waals surface area contributed by atoms with Gasteiger partial charge in [-0.25, -0.2) is 4.68 Å². The Hall–Kier alpha value is -4.35. The lowest BCUT2D eigenvalue weighted by molar-refractivity contribution is -0.157. The number of amides is 3. The fraction of sp³-hybridized carbons (Fsp3) is 0.472. The van der Waals surface area contributed by atoms with Crippen LogP contribution >= 0.6 is 0 Å². The minimum Gasteiger partial charge on any atom is -0.394 e. The van der Waals surface area contributed by atoms with E-state index in [0.717, 1.165) is 5.52 Å². The van der Waals surface area contributed by atoms with Crippen molar-refractivity contribution in [3.05, 3.63) is 79.9 Å². The summed E-state index contributed by atoms with van der Waals surface area (Å²) >= 11 is 0. The molecular weight excluding hydrogens is 596 g/mol. The summed E-state index contributed by atoms with van der Waals surface area (Å²) in [5, 5.41) is 19.3. The molecule has 6 rings (SSSR count). The van der Waals surface area contributed by atoms with E-state index in [1.54, 1.807) is 31.5 Å². The van der Waals surface area contributed by atoms with Crippen molar-refractivity contribution in [2.75, 3.05) is 24.6 Å². The maximum absolute atomic E-state index is 15.0. The van der Waals surface area contributed by atoms with Crippen LogP contribution < -0.4 is 4.90 Å². The lowest BCUT2D eigenvalue weighted by atomic mass is 9.66. The van der Waals surface area contributed by atoms with E-state index in [2.05, 4.69) is 23.5 Å². The van der Waals surface area contributed by atoms with Crippen molar-refractivity contribution in [1.29, 1.82) is 0 Å². The minimum atomic E-state index is -1.26. The van der Waals surface area contributed by atoms with Crippen LogP contribution in [-0.4, -0.2) is 90.6 Å². The van der Waals surface area contributed by atoms with Gasteiger partial charge >= 0.3 is 0 Å². The number of aromatic nitrogens is 3. The second-order valence-corrected chi connectivity index (χ2v) is 13.3. The summed E-state index contributed by atoms with van der Waals surface area (Å²) in [7, 11) is 0. The number of hydrogen-bond donors (Lipinski definition) is 1. The molecular formula is C36H44N6O5. The van der Waals surface area contributed by atoms with Crippen LogP contribution in [0.5, 0.6) is 0 Å². The molecule has 2 bridgehead atoms. The first-order chi connectivity index (χ1) is 22.7. The van der Waals surface area contributed by atoms with Gasteiger partial charge in [-0.3, -0.25) is 14.4 Å². The molecule has 2 unspecified atom stereocenters. The highest BCUT2D eigenvalue weighted by Gasteiger charge is 2.79. The number of carbonyl (C=O) groups is 3. The number of fused-ring (bicyclic) bond motifs is 2. The topological polar surface area (TPSA) is 121 Å². The highest BCUT2D eigenvalue weighted by molar-refractivity contribution is 6.03. The second kappa shape index (κ2) is 12.7. The number of rotatable bonds is 13. The lowest BCUT2D eigenvalue weighted by Crippen LogP contribution is -2.60. The van der Waals surface area contributed by atoms with Crippen LogP contribution in [-0.2, 0) is 25.8 Å². The van der Waals surface area contributed by atoms with Crippen LogP contribution in [0.2, 0.25) is 0 Å². The van der Waals surface area contributed by atoms with Crippen molar-refractivity contribution >= 4 is 34.4 Å². The van der Waals surface area contributed by atoms with Crippen LogP contribution in [0.15, 0.2) is 79.9 Å². The van der Waals surface area contributed by atoms with E-state index in [0.29, 0.717) is 30.5 Å². The molecule has 7 atom stereocenters. The van der Waals surface area contributed by atoms with Gasteiger partial charge in [0.25, 0.3) is 0 Å². The minimum absolute atomic E-state index is 0.0680. The van der Waals surface area contributed by atoms with E-state index in [9.17, 15) is 14.7 Å². The Balaban J connectivity index is 1.45. The van der Waals surface area contributed by atoms with Gasteiger partial charge in [0, 0.05) is 18.8 Å². The van der Waals surface area contributed by atoms with Crippen molar-refractivity contribution < 1.29 is 24.2 Å². The van der Waals surface area contributed by atoms with Gasteiger partial charge < -0.3 is 24.5 Å². The maximum atomic E-state index is 15.0. The van der Waals surface area contributed by atoms with Crippen LogP contribution in [0.1, 0.15) is 40.0 Å². The third-order valence-corrected chi connectivity index (χ3v) is 10.6. The molecule has 47 heavy (non-hydrogen) atoms. The van der Waals surface area contributed by atoms with E-state index in [4.69, 9.17) is 4.74 Å². The van der Waals surface area contributed by atoms with Gasteiger partial charge in [-0.2, -0.15) is 0 Å². The van der Waals surface area contributed by atoms with Crippen LogP contribution in [0, 0.1) is 17.8 Å². The molecule has 11 heteroatoms. The summed E-state index contributed by atoms with van der Waals surface area (Å²) in [6.07, 6.45) is 4.91. The van der Waals surface area contributed by atoms with Crippen molar-refractivity contribution in [2.24, 2.45) is 17.8 Å². The Kier molecular flexibility index (Phi) is 8.80. The third kappa shape index (κ3) is 5.16. The van der Waals surface area contributed by atoms with Gasteiger partial charge in [-0.1, -0.05) is 68.0 Å². The first-order valence-corrected chi connectivity index (χ1v) is 16.4. The van der Waals surface area contributed by atoms with E-state index in [1.165, 1.54) is 0 Å². The van der Waals surface area contributed by atoms with E-state index < -0.39 is 35.1 Å². The average molecular weight is 641 g/mol. The molecule has 1 N–H and O–H groups in total. The largest absolute Gasteiger partial charge is 0.394 e. The first kappa shape index (κ1) is 32.6. The van der Waals surface area contributed by atoms with Gasteiger partial charge in [-0.15, -0.1) is 18.3 Å². The van der Waals surface area contributed by atoms with Gasteiger partial charge in [0.1, 0.15) is 23.8 Å². The van der Waals surface area contributed by atoms with Crippen molar-refractivity contribution in [2.45, 2.75) is 70.0 Å². The molecule has 3 amide bonds. The quantitative estimate of drug-likeness (QED) is 0.282. The number of hydrogen-bond acceptors (Lipinski definition) is 7. The predicted molar refractivity (Wildman–Crippen MR) is 178 cm³/mol. The van der Waals surface area contributed by atoms with Gasteiger partial charge in [0.15, 0.2) is 0 Å². The summed E-state index contributed by atoms with van der Waals surface area (Å²) in [4.78, 5) is 49.3. The summed E-state index contributed by atoms with van der Waals surface area (Å²) in [5.41, 5.74) is -0.0756. The number of nitrogens with zero attached hydrogens (tertiary/aromatic N) is 6. The highest BCUT2D eigenvalue weighted by Crippen LogP contribution is 2.64. The lowest BCUT2D eigenvalue weighted by Gasteiger charge is -2.41. The Morgan fingerprint density at radius 3 is 2.47 bits per heavy atom. The van der Waals surface area contributed by atoms with Gasteiger partial charge in [-0.05, 0) is 49.9 Å². The molecule has 248 valence electrons. The maximum Gasteiger partial charge on any atom is 0.250 e. The molecule has 0 radical (unpaired) electrons. The Morgan fingerprint density at radius 2 is 1.79 bits per heavy atom. The normalized spacial score (nSPS) is 27.4. The SMILES string of the molecule is C=CCN(Cn1nnc2ccccc21)C(=O)C1N([C@@H](CO)[C@@H](C)CC)C(=O)[C@@H]2[C@@H](C(=O)N(CC=C)c3ccccc3)[C@@]3(C)CCC12O3. The summed E-state index contributed by atoms with van der Waals surface area (Å²) < 4.78 is 8.57. The molecule has 1 aromatic heterocycles. The van der Waals surface area contributed by atoms with Crippen LogP contribution in [0.3, 0.4) is 0 Å². The zero-order valence-electron chi connectivity index (χ0n) is 27.4. The number of ether oxygens (including phenoxy) is 1. The number of aliphatic hydroxyl groups excluding tert-OH is 1. The molecule has 3 saturated heterocycles. The molecule has 3 aliphatic heterocycles. The molecule has 3 aromatic rings. The third-order valence-electron chi connectivity index (χ3n) is 10.6. The average Bonchev–Trinajstić information content (AvgIpc) is 3.79.